The number of nitrogens with two attached hydrogens (primary N) is 1. The molecule has 0 bridgehead atoms. The van der Waals surface area contributed by atoms with Gasteiger partial charge in [0.25, 0.3) is 0 Å². The van der Waals surface area contributed by atoms with E-state index in [-0.39, 0.29) is 16.3 Å². The van der Waals surface area contributed by atoms with Crippen molar-refractivity contribution in [1.29, 1.82) is 5.41 Å². The summed E-state index contributed by atoms with van der Waals surface area (Å²) >= 11 is 0. The minimum atomic E-state index is -3.88. The number of rotatable bonds is 10. The van der Waals surface area contributed by atoms with E-state index in [0.29, 0.717) is 28.3 Å². The van der Waals surface area contributed by atoms with Crippen LogP contribution < -0.4 is 20.5 Å². The van der Waals surface area contributed by atoms with Crippen LogP contribution in [-0.4, -0.2) is 69.7 Å². The van der Waals surface area contributed by atoms with Crippen molar-refractivity contribution < 1.29 is 21.6 Å². The van der Waals surface area contributed by atoms with E-state index in [1.807, 2.05) is 23.1 Å². The lowest BCUT2D eigenvalue weighted by Gasteiger charge is -2.36. The van der Waals surface area contributed by atoms with Crippen LogP contribution in [0.4, 0.5) is 16.2 Å². The molecular formula is C31H34N8O5S2. The third-order valence-electron chi connectivity index (χ3n) is 7.38. The first-order valence-electron chi connectivity index (χ1n) is 14.3. The molecule has 15 heteroatoms. The molecule has 1 aliphatic heterocycles. The number of aromatic nitrogens is 1. The van der Waals surface area contributed by atoms with Crippen molar-refractivity contribution in [3.63, 3.8) is 0 Å². The maximum absolute atomic E-state index is 12.7. The Morgan fingerprint density at radius 2 is 1.41 bits per heavy atom. The van der Waals surface area contributed by atoms with Crippen LogP contribution in [0.2, 0.25) is 0 Å². The van der Waals surface area contributed by atoms with Crippen LogP contribution in [0.25, 0.3) is 0 Å². The first-order chi connectivity index (χ1) is 22.0. The molecule has 0 saturated carbocycles. The first kappa shape index (κ1) is 32.7. The van der Waals surface area contributed by atoms with Crippen LogP contribution in [0, 0.1) is 5.41 Å². The second-order valence-corrected chi connectivity index (χ2v) is 14.0. The lowest BCUT2D eigenvalue weighted by molar-refractivity contribution is 0.175. The molecule has 5 rings (SSSR count). The molecule has 1 aliphatic rings. The number of urea groups is 1. The fourth-order valence-electron chi connectivity index (χ4n) is 4.87. The van der Waals surface area contributed by atoms with Crippen LogP contribution >= 0.6 is 0 Å². The van der Waals surface area contributed by atoms with Gasteiger partial charge in [0, 0.05) is 68.6 Å². The smallest absolute Gasteiger partial charge is 0.323 e. The number of anilines is 2. The molecule has 2 heterocycles. The number of primary sulfonamides is 1. The average molecular weight is 663 g/mol. The van der Waals surface area contributed by atoms with Gasteiger partial charge in [-0.25, -0.2) is 31.5 Å². The SMILES string of the molecule is N=C(c1cccc(NC(=O)Nc2ccc(S(=O)(=O)NCc3ccc(S(N)(=O)=O)cc3)cc2)c1)N1CCN(Cc2ccncc2)CC1. The van der Waals surface area contributed by atoms with Crippen molar-refractivity contribution in [2.75, 3.05) is 36.8 Å². The second kappa shape index (κ2) is 14.2. The molecule has 1 saturated heterocycles. The number of benzene rings is 3. The summed E-state index contributed by atoms with van der Waals surface area (Å²) in [6, 6.07) is 21.8. The fraction of sp³-hybridized carbons (Fsp3) is 0.194. The van der Waals surface area contributed by atoms with Gasteiger partial charge >= 0.3 is 6.03 Å². The normalized spacial score (nSPS) is 14.1. The summed E-state index contributed by atoms with van der Waals surface area (Å²) < 4.78 is 50.7. The number of hydrogen-bond acceptors (Lipinski definition) is 8. The van der Waals surface area contributed by atoms with Crippen molar-refractivity contribution in [2.45, 2.75) is 22.9 Å². The van der Waals surface area contributed by atoms with Gasteiger partial charge in [0.1, 0.15) is 5.84 Å². The minimum Gasteiger partial charge on any atom is -0.354 e. The Labute approximate surface area is 268 Å². The van der Waals surface area contributed by atoms with Crippen molar-refractivity contribution in [3.8, 4) is 0 Å². The van der Waals surface area contributed by atoms with Gasteiger partial charge in [-0.1, -0.05) is 24.3 Å². The Kier molecular flexibility index (Phi) is 10.1. The molecule has 0 radical (unpaired) electrons. The van der Waals surface area contributed by atoms with Crippen molar-refractivity contribution >= 4 is 43.3 Å². The molecule has 0 aliphatic carbocycles. The van der Waals surface area contributed by atoms with Crippen LogP contribution in [0.15, 0.2) is 107 Å². The molecule has 13 nitrogen and oxygen atoms in total. The summed E-state index contributed by atoms with van der Waals surface area (Å²) in [4.78, 5) is 21.1. The highest BCUT2D eigenvalue weighted by molar-refractivity contribution is 7.89. The lowest BCUT2D eigenvalue weighted by Crippen LogP contribution is -2.48. The van der Waals surface area contributed by atoms with E-state index < -0.39 is 26.1 Å². The zero-order chi connectivity index (χ0) is 32.7. The number of nitrogens with zero attached hydrogens (tertiary/aromatic N) is 3. The third kappa shape index (κ3) is 8.74. The number of amidine groups is 1. The zero-order valence-corrected chi connectivity index (χ0v) is 26.4. The molecule has 2 amide bonds. The highest BCUT2D eigenvalue weighted by Crippen LogP contribution is 2.18. The number of carbonyl (C=O) groups is 1. The van der Waals surface area contributed by atoms with E-state index in [4.69, 9.17) is 10.5 Å². The molecule has 6 N–H and O–H groups in total. The number of piperazine rings is 1. The van der Waals surface area contributed by atoms with E-state index in [0.717, 1.165) is 32.7 Å². The Hall–Kier alpha value is -4.67. The largest absolute Gasteiger partial charge is 0.354 e. The highest BCUT2D eigenvalue weighted by atomic mass is 32.2. The van der Waals surface area contributed by atoms with Gasteiger partial charge in [0.05, 0.1) is 9.79 Å². The number of carbonyl (C=O) groups excluding carboxylic acids is 1. The number of hydrogen-bond donors (Lipinski definition) is 5. The van der Waals surface area contributed by atoms with Gasteiger partial charge in [0.2, 0.25) is 20.0 Å². The summed E-state index contributed by atoms with van der Waals surface area (Å²) in [6.45, 7) is 3.89. The molecule has 0 unspecified atom stereocenters. The summed E-state index contributed by atoms with van der Waals surface area (Å²) in [7, 11) is -7.72. The highest BCUT2D eigenvalue weighted by Gasteiger charge is 2.20. The Bertz CT molecular complexity index is 1900. The van der Waals surface area contributed by atoms with Gasteiger partial charge in [-0.05, 0) is 71.8 Å². The fourth-order valence-corrected chi connectivity index (χ4v) is 6.41. The third-order valence-corrected chi connectivity index (χ3v) is 9.72. The Morgan fingerprint density at radius 1 is 0.783 bits per heavy atom. The minimum absolute atomic E-state index is 0.0102. The maximum atomic E-state index is 12.7. The molecule has 1 aromatic heterocycles. The lowest BCUT2D eigenvalue weighted by atomic mass is 10.1. The van der Waals surface area contributed by atoms with Gasteiger partial charge in [-0.2, -0.15) is 0 Å². The summed E-state index contributed by atoms with van der Waals surface area (Å²) in [6.07, 6.45) is 3.58. The van der Waals surface area contributed by atoms with Gasteiger partial charge in [0.15, 0.2) is 0 Å². The molecule has 240 valence electrons. The van der Waals surface area contributed by atoms with Gasteiger partial charge in [-0.15, -0.1) is 0 Å². The zero-order valence-electron chi connectivity index (χ0n) is 24.8. The molecule has 3 aromatic carbocycles. The molecule has 4 aromatic rings. The molecule has 46 heavy (non-hydrogen) atoms. The van der Waals surface area contributed by atoms with Crippen LogP contribution in [0.1, 0.15) is 16.7 Å². The van der Waals surface area contributed by atoms with Gasteiger partial charge in [-0.3, -0.25) is 15.3 Å². The van der Waals surface area contributed by atoms with Crippen LogP contribution in [-0.2, 0) is 33.1 Å². The number of amides is 2. The van der Waals surface area contributed by atoms with Crippen molar-refractivity contribution in [1.82, 2.24) is 19.5 Å². The molecule has 0 atom stereocenters. The Balaban J connectivity index is 1.11. The number of pyridine rings is 1. The van der Waals surface area contributed by atoms with Crippen molar-refractivity contribution in [3.05, 3.63) is 114 Å². The summed E-state index contributed by atoms with van der Waals surface area (Å²) in [5.41, 5.74) is 3.33. The number of sulfonamides is 2. The van der Waals surface area contributed by atoms with Gasteiger partial charge < -0.3 is 15.5 Å². The predicted molar refractivity (Wildman–Crippen MR) is 175 cm³/mol. The van der Waals surface area contributed by atoms with E-state index >= 15 is 0 Å². The quantitative estimate of drug-likeness (QED) is 0.126. The second-order valence-electron chi connectivity index (χ2n) is 10.7. The van der Waals surface area contributed by atoms with Crippen molar-refractivity contribution in [2.24, 2.45) is 5.14 Å². The predicted octanol–water partition coefficient (Wildman–Crippen LogP) is 2.99. The Morgan fingerprint density at radius 3 is 2.07 bits per heavy atom. The van der Waals surface area contributed by atoms with E-state index in [1.54, 1.807) is 30.6 Å². The van der Waals surface area contributed by atoms with Crippen LogP contribution in [0.5, 0.6) is 0 Å². The number of nitrogens with one attached hydrogen (secondary N) is 4. The van der Waals surface area contributed by atoms with E-state index in [1.165, 1.54) is 54.1 Å². The molecular weight excluding hydrogens is 629 g/mol. The van der Waals surface area contributed by atoms with E-state index in [9.17, 15) is 21.6 Å². The van der Waals surface area contributed by atoms with E-state index in [2.05, 4.69) is 25.2 Å². The van der Waals surface area contributed by atoms with Crippen LogP contribution in [0.3, 0.4) is 0 Å². The topological polar surface area (TPSA) is 191 Å². The standard InChI is InChI=1S/C31H34N8O5S2/c32-30(39-18-16-38(17-19-39)22-24-12-14-34-15-13-24)25-2-1-3-27(20-25)37-31(40)36-26-6-10-29(11-7-26)46(43,44)35-21-23-4-8-28(9-5-23)45(33,41)42/h1-15,20,32,35H,16-19,21-22H2,(H2,33,41,42)(H2,36,37,40). The average Bonchev–Trinajstić information content (AvgIpc) is 3.04. The summed E-state index contributed by atoms with van der Waals surface area (Å²) in [5, 5.41) is 19.3. The molecule has 0 spiro atoms. The maximum Gasteiger partial charge on any atom is 0.323 e. The molecule has 1 fully saturated rings. The monoisotopic (exact) mass is 662 g/mol. The summed E-state index contributed by atoms with van der Waals surface area (Å²) in [5.74, 6) is 0.388. The first-order valence-corrected chi connectivity index (χ1v) is 17.3.